The Labute approximate surface area is 393 Å². The normalized spacial score (nSPS) is 12.3. The molecule has 8 heteroatoms. The number of carbonyl (C=O) groups is 4. The lowest BCUT2D eigenvalue weighted by atomic mass is 10.0. The number of ether oxygens (including phenoxy) is 4. The average molecular weight is 899 g/mol. The van der Waals surface area contributed by atoms with Crippen molar-refractivity contribution in [3.05, 3.63) is 48.6 Å². The van der Waals surface area contributed by atoms with Crippen molar-refractivity contribution in [3.8, 4) is 0 Å². The number of esters is 3. The number of rotatable bonds is 49. The molecule has 0 bridgehead atoms. The fraction of sp³-hybridized carbons (Fsp3) is 0.786. The molecule has 8 nitrogen and oxygen atoms in total. The minimum Gasteiger partial charge on any atom is -0.465 e. The van der Waals surface area contributed by atoms with Gasteiger partial charge in [-0.25, -0.2) is 0 Å². The van der Waals surface area contributed by atoms with Gasteiger partial charge in [-0.2, -0.15) is 0 Å². The lowest BCUT2D eigenvalue weighted by molar-refractivity contribution is -0.167. The second-order valence-corrected chi connectivity index (χ2v) is 17.8. The molecular formula is C56H98O8. The zero-order chi connectivity index (χ0) is 46.7. The maximum Gasteiger partial charge on any atom is 0.306 e. The third kappa shape index (κ3) is 46.8. The molecule has 0 rings (SSSR count). The van der Waals surface area contributed by atoms with Crippen LogP contribution in [0.3, 0.4) is 0 Å². The summed E-state index contributed by atoms with van der Waals surface area (Å²) in [5.74, 6) is -1.19. The summed E-state index contributed by atoms with van der Waals surface area (Å²) in [6, 6.07) is 0. The van der Waals surface area contributed by atoms with Gasteiger partial charge < -0.3 is 18.9 Å². The number of unbranched alkanes of at least 4 members (excludes halogenated alkanes) is 25. The van der Waals surface area contributed by atoms with Crippen LogP contribution in [0, 0.1) is 0 Å². The van der Waals surface area contributed by atoms with E-state index in [1.807, 2.05) is 0 Å². The number of hydrogen-bond donors (Lipinski definition) is 0. The van der Waals surface area contributed by atoms with E-state index in [2.05, 4.69) is 69.4 Å². The Balaban J connectivity index is 4.67. The summed E-state index contributed by atoms with van der Waals surface area (Å²) < 4.78 is 22.1. The molecule has 0 spiro atoms. The van der Waals surface area contributed by atoms with Gasteiger partial charge in [0.2, 0.25) is 0 Å². The van der Waals surface area contributed by atoms with Gasteiger partial charge in [0.15, 0.2) is 6.10 Å². The molecule has 0 radical (unpaired) electrons. The molecule has 0 aliphatic heterocycles. The van der Waals surface area contributed by atoms with E-state index in [-0.39, 0.29) is 37.7 Å². The largest absolute Gasteiger partial charge is 0.465 e. The highest BCUT2D eigenvalue weighted by molar-refractivity contribution is 5.71. The van der Waals surface area contributed by atoms with Crippen molar-refractivity contribution in [2.75, 3.05) is 13.2 Å². The first-order chi connectivity index (χ1) is 31.5. The molecule has 0 saturated carbocycles. The summed E-state index contributed by atoms with van der Waals surface area (Å²) in [4.78, 5) is 49.5. The number of allylic oxidation sites excluding steroid dienone is 8. The van der Waals surface area contributed by atoms with Gasteiger partial charge in [-0.05, 0) is 96.3 Å². The second-order valence-electron chi connectivity index (χ2n) is 17.8. The molecule has 0 fully saturated rings. The monoisotopic (exact) mass is 899 g/mol. The van der Waals surface area contributed by atoms with Crippen molar-refractivity contribution in [1.29, 1.82) is 0 Å². The van der Waals surface area contributed by atoms with E-state index in [4.69, 9.17) is 18.9 Å². The summed E-state index contributed by atoms with van der Waals surface area (Å²) in [7, 11) is 0. The highest BCUT2D eigenvalue weighted by atomic mass is 16.6. The molecule has 0 aliphatic carbocycles. The van der Waals surface area contributed by atoms with Gasteiger partial charge >= 0.3 is 17.9 Å². The van der Waals surface area contributed by atoms with Crippen LogP contribution in [-0.2, 0) is 38.1 Å². The van der Waals surface area contributed by atoms with Crippen molar-refractivity contribution in [3.63, 3.8) is 0 Å². The Morgan fingerprint density at radius 2 is 0.734 bits per heavy atom. The molecule has 0 aromatic heterocycles. The third-order valence-electron chi connectivity index (χ3n) is 11.6. The number of carbonyl (C=O) groups excluding carboxylic acids is 4. The molecule has 0 N–H and O–H groups in total. The van der Waals surface area contributed by atoms with Crippen LogP contribution in [0.5, 0.6) is 0 Å². The Morgan fingerprint density at radius 1 is 0.375 bits per heavy atom. The van der Waals surface area contributed by atoms with Crippen LogP contribution in [0.4, 0.5) is 0 Å². The van der Waals surface area contributed by atoms with Crippen LogP contribution in [0.1, 0.15) is 258 Å². The van der Waals surface area contributed by atoms with Crippen molar-refractivity contribution < 1.29 is 38.1 Å². The third-order valence-corrected chi connectivity index (χ3v) is 11.6. The van der Waals surface area contributed by atoms with E-state index in [0.717, 1.165) is 109 Å². The van der Waals surface area contributed by atoms with Crippen LogP contribution in [0.2, 0.25) is 0 Å². The Bertz CT molecular complexity index is 1110. The lowest BCUT2D eigenvalue weighted by Gasteiger charge is -2.19. The first-order valence-electron chi connectivity index (χ1n) is 26.7. The standard InChI is InChI=1S/C56H98O8/c1-4-7-10-13-16-19-22-24-26-28-30-33-36-39-42-45-54(58)61-49-53(50-62-55(59)46-43-40-37-34-31-29-27-25-23-20-17-14-11-8-5-2)64-56(60)48-47-52(63-51-57)44-41-38-35-32-21-18-15-12-9-6-3/h16-17,19-20,24-27,51-53H,4-15,18,21-23,28-50H2,1-3H3/b19-16-,20-17-,26-24-,27-25-. The fourth-order valence-electron chi connectivity index (χ4n) is 7.54. The summed E-state index contributed by atoms with van der Waals surface area (Å²) in [5.41, 5.74) is 0. The zero-order valence-electron chi connectivity index (χ0n) is 41.7. The van der Waals surface area contributed by atoms with Crippen LogP contribution < -0.4 is 0 Å². The predicted molar refractivity (Wildman–Crippen MR) is 267 cm³/mol. The van der Waals surface area contributed by atoms with E-state index in [9.17, 15) is 19.2 Å². The highest BCUT2D eigenvalue weighted by Crippen LogP contribution is 2.17. The molecule has 0 saturated heterocycles. The molecule has 0 aromatic rings. The fourth-order valence-corrected chi connectivity index (χ4v) is 7.54. The number of hydrogen-bond acceptors (Lipinski definition) is 8. The molecule has 1 unspecified atom stereocenters. The summed E-state index contributed by atoms with van der Waals surface area (Å²) >= 11 is 0. The lowest BCUT2D eigenvalue weighted by Crippen LogP contribution is -2.31. The van der Waals surface area contributed by atoms with Crippen LogP contribution >= 0.6 is 0 Å². The van der Waals surface area contributed by atoms with Crippen molar-refractivity contribution in [1.82, 2.24) is 0 Å². The minimum atomic E-state index is -0.901. The summed E-state index contributed by atoms with van der Waals surface area (Å²) in [6.07, 6.45) is 55.0. The van der Waals surface area contributed by atoms with Crippen LogP contribution in [0.15, 0.2) is 48.6 Å². The predicted octanol–water partition coefficient (Wildman–Crippen LogP) is 16.2. The van der Waals surface area contributed by atoms with Gasteiger partial charge in [0, 0.05) is 19.3 Å². The first kappa shape index (κ1) is 60.8. The van der Waals surface area contributed by atoms with E-state index >= 15 is 0 Å². The Hall–Kier alpha value is -3.16. The molecule has 0 heterocycles. The van der Waals surface area contributed by atoms with Crippen molar-refractivity contribution >= 4 is 24.4 Å². The van der Waals surface area contributed by atoms with Gasteiger partial charge in [0.05, 0.1) is 0 Å². The van der Waals surface area contributed by atoms with E-state index in [1.54, 1.807) is 0 Å². The smallest absolute Gasteiger partial charge is 0.306 e. The van der Waals surface area contributed by atoms with Crippen molar-refractivity contribution in [2.24, 2.45) is 0 Å². The average Bonchev–Trinajstić information content (AvgIpc) is 3.29. The summed E-state index contributed by atoms with van der Waals surface area (Å²) in [6.45, 7) is 6.81. The van der Waals surface area contributed by atoms with Gasteiger partial charge in [0.25, 0.3) is 6.47 Å². The topological polar surface area (TPSA) is 105 Å². The van der Waals surface area contributed by atoms with Gasteiger partial charge in [-0.15, -0.1) is 0 Å². The van der Waals surface area contributed by atoms with Gasteiger partial charge in [0.1, 0.15) is 19.3 Å². The molecule has 0 amide bonds. The zero-order valence-corrected chi connectivity index (χ0v) is 41.7. The highest BCUT2D eigenvalue weighted by Gasteiger charge is 2.21. The first-order valence-corrected chi connectivity index (χ1v) is 26.7. The molecule has 0 aliphatic rings. The quantitative estimate of drug-likeness (QED) is 0.0195. The Kier molecular flexibility index (Phi) is 48.3. The van der Waals surface area contributed by atoms with E-state index < -0.39 is 12.1 Å². The summed E-state index contributed by atoms with van der Waals surface area (Å²) in [5, 5.41) is 0. The maximum absolute atomic E-state index is 13.0. The van der Waals surface area contributed by atoms with Gasteiger partial charge in [-0.1, -0.05) is 191 Å². The minimum absolute atomic E-state index is 0.0482. The second kappa shape index (κ2) is 50.8. The van der Waals surface area contributed by atoms with Crippen LogP contribution in [0.25, 0.3) is 0 Å². The Morgan fingerprint density at radius 3 is 1.16 bits per heavy atom. The molecular weight excluding hydrogens is 801 g/mol. The molecule has 1 atom stereocenters. The SMILES string of the molecule is CCCCC/C=C\C/C=C\CCCCCCCC(=O)OCC(COC(=O)CCCCCCC/C=C\C/C=C\CCCCC)OC(=O)CCC(CCCCCCCCCCCC)OC=O. The maximum atomic E-state index is 13.0. The van der Waals surface area contributed by atoms with E-state index in [0.29, 0.717) is 32.2 Å². The van der Waals surface area contributed by atoms with E-state index in [1.165, 1.54) is 96.3 Å². The molecule has 370 valence electrons. The van der Waals surface area contributed by atoms with Gasteiger partial charge in [-0.3, -0.25) is 19.2 Å². The molecule has 0 aromatic carbocycles. The molecule has 64 heavy (non-hydrogen) atoms. The van der Waals surface area contributed by atoms with Crippen molar-refractivity contribution in [2.45, 2.75) is 271 Å². The van der Waals surface area contributed by atoms with Crippen LogP contribution in [-0.4, -0.2) is 49.8 Å².